The minimum Gasteiger partial charge on any atom is -0.493 e. The summed E-state index contributed by atoms with van der Waals surface area (Å²) in [5.41, 5.74) is 0.843. The van der Waals surface area contributed by atoms with E-state index in [0.717, 1.165) is 64.2 Å². The molecule has 1 fully saturated rings. The number of para-hydroxylation sites is 1. The predicted molar refractivity (Wildman–Crippen MR) is 92.9 cm³/mol. The Morgan fingerprint density at radius 1 is 1.26 bits per heavy atom. The van der Waals surface area contributed by atoms with Crippen LogP contribution in [0, 0.1) is 5.92 Å². The van der Waals surface area contributed by atoms with E-state index in [1.807, 2.05) is 14.1 Å². The third-order valence-corrected chi connectivity index (χ3v) is 5.18. The summed E-state index contributed by atoms with van der Waals surface area (Å²) in [4.78, 5) is 4.62. The molecule has 0 aromatic heterocycles. The maximum Gasteiger partial charge on any atom is 0.122 e. The van der Waals surface area contributed by atoms with E-state index in [9.17, 15) is 5.11 Å². The normalized spacial score (nSPS) is 24.8. The van der Waals surface area contributed by atoms with Crippen molar-refractivity contribution < 1.29 is 9.84 Å². The van der Waals surface area contributed by atoms with Crippen LogP contribution in [0.15, 0.2) is 24.3 Å². The van der Waals surface area contributed by atoms with E-state index in [0.29, 0.717) is 5.92 Å². The molecule has 0 saturated carbocycles. The fraction of sp³-hybridized carbons (Fsp3) is 0.684. The molecule has 0 bridgehead atoms. The van der Waals surface area contributed by atoms with E-state index in [4.69, 9.17) is 4.74 Å². The van der Waals surface area contributed by atoms with Crippen LogP contribution in [0.3, 0.4) is 0 Å². The van der Waals surface area contributed by atoms with Crippen molar-refractivity contribution in [2.75, 3.05) is 46.9 Å². The number of ether oxygens (including phenoxy) is 1. The summed E-state index contributed by atoms with van der Waals surface area (Å²) in [6.45, 7) is 4.72. The number of benzene rings is 1. The van der Waals surface area contributed by atoms with Gasteiger partial charge in [0.15, 0.2) is 0 Å². The molecule has 128 valence electrons. The van der Waals surface area contributed by atoms with Gasteiger partial charge in [0.2, 0.25) is 0 Å². The van der Waals surface area contributed by atoms with Crippen LogP contribution in [0.2, 0.25) is 0 Å². The zero-order valence-corrected chi connectivity index (χ0v) is 14.5. The molecule has 23 heavy (non-hydrogen) atoms. The Morgan fingerprint density at radius 3 is 2.74 bits per heavy atom. The molecular formula is C19H30N2O2. The minimum absolute atomic E-state index is 0.501. The van der Waals surface area contributed by atoms with Gasteiger partial charge < -0.3 is 19.6 Å². The van der Waals surface area contributed by atoms with Crippen molar-refractivity contribution in [3.05, 3.63) is 29.8 Å². The second kappa shape index (κ2) is 7.20. The SMILES string of the molecule is CN(C)CC1(O)CCN(CC2CCOc3ccccc3C2)CC1. The Kier molecular flexibility index (Phi) is 5.24. The van der Waals surface area contributed by atoms with Gasteiger partial charge >= 0.3 is 0 Å². The third kappa shape index (κ3) is 4.46. The van der Waals surface area contributed by atoms with E-state index >= 15 is 0 Å². The zero-order chi connectivity index (χ0) is 16.3. The lowest BCUT2D eigenvalue weighted by Crippen LogP contribution is -2.50. The number of rotatable bonds is 4. The fourth-order valence-electron chi connectivity index (χ4n) is 3.98. The highest BCUT2D eigenvalue weighted by Gasteiger charge is 2.33. The molecule has 2 heterocycles. The number of aliphatic hydroxyl groups is 1. The van der Waals surface area contributed by atoms with E-state index in [1.54, 1.807) is 0 Å². The lowest BCUT2D eigenvalue weighted by molar-refractivity contribution is -0.0399. The average molecular weight is 318 g/mol. The molecule has 0 aliphatic carbocycles. The molecule has 1 N–H and O–H groups in total. The van der Waals surface area contributed by atoms with E-state index in [2.05, 4.69) is 34.1 Å². The Balaban J connectivity index is 1.53. The van der Waals surface area contributed by atoms with E-state index < -0.39 is 5.60 Å². The van der Waals surface area contributed by atoms with E-state index in [1.165, 1.54) is 5.56 Å². The monoisotopic (exact) mass is 318 g/mol. The van der Waals surface area contributed by atoms with Gasteiger partial charge in [0.25, 0.3) is 0 Å². The van der Waals surface area contributed by atoms with Crippen molar-refractivity contribution in [2.45, 2.75) is 31.3 Å². The van der Waals surface area contributed by atoms with Gasteiger partial charge in [0.1, 0.15) is 5.75 Å². The summed E-state index contributed by atoms with van der Waals surface area (Å²) >= 11 is 0. The molecule has 2 aliphatic rings. The van der Waals surface area contributed by atoms with Crippen molar-refractivity contribution in [3.63, 3.8) is 0 Å². The number of piperidine rings is 1. The number of nitrogens with zero attached hydrogens (tertiary/aromatic N) is 2. The summed E-state index contributed by atoms with van der Waals surface area (Å²) in [6, 6.07) is 8.43. The van der Waals surface area contributed by atoms with Crippen molar-refractivity contribution in [1.29, 1.82) is 0 Å². The van der Waals surface area contributed by atoms with Gasteiger partial charge in [-0.15, -0.1) is 0 Å². The van der Waals surface area contributed by atoms with Gasteiger partial charge in [0, 0.05) is 26.2 Å². The molecule has 4 heteroatoms. The van der Waals surface area contributed by atoms with Crippen molar-refractivity contribution in [3.8, 4) is 5.75 Å². The first-order valence-corrected chi connectivity index (χ1v) is 8.84. The van der Waals surface area contributed by atoms with Crippen LogP contribution in [0.4, 0.5) is 0 Å². The van der Waals surface area contributed by atoms with Crippen LogP contribution in [-0.4, -0.2) is 67.4 Å². The van der Waals surface area contributed by atoms with Crippen molar-refractivity contribution in [1.82, 2.24) is 9.80 Å². The third-order valence-electron chi connectivity index (χ3n) is 5.18. The molecule has 1 saturated heterocycles. The number of hydrogen-bond donors (Lipinski definition) is 1. The maximum absolute atomic E-state index is 10.7. The summed E-state index contributed by atoms with van der Waals surface area (Å²) < 4.78 is 5.88. The summed E-state index contributed by atoms with van der Waals surface area (Å²) in [5.74, 6) is 1.72. The average Bonchev–Trinajstić information content (AvgIpc) is 2.70. The van der Waals surface area contributed by atoms with Crippen LogP contribution in [0.1, 0.15) is 24.8 Å². The number of likely N-dealkylation sites (N-methyl/N-ethyl adjacent to an activating group) is 1. The molecule has 0 radical (unpaired) electrons. The second-order valence-corrected chi connectivity index (χ2v) is 7.58. The van der Waals surface area contributed by atoms with Gasteiger partial charge in [-0.05, 0) is 57.3 Å². The molecule has 1 aromatic rings. The standard InChI is InChI=1S/C19H30N2O2/c1-20(2)15-19(22)8-10-21(11-9-19)14-16-7-12-23-18-6-4-3-5-17(18)13-16/h3-6,16,22H,7-15H2,1-2H3. The molecule has 2 aliphatic heterocycles. The Bertz CT molecular complexity index is 510. The molecule has 4 nitrogen and oxygen atoms in total. The van der Waals surface area contributed by atoms with Crippen molar-refractivity contribution >= 4 is 0 Å². The highest BCUT2D eigenvalue weighted by atomic mass is 16.5. The highest BCUT2D eigenvalue weighted by Crippen LogP contribution is 2.29. The Hall–Kier alpha value is -1.10. The molecule has 1 atom stereocenters. The lowest BCUT2D eigenvalue weighted by Gasteiger charge is -2.40. The molecule has 0 amide bonds. The van der Waals surface area contributed by atoms with E-state index in [-0.39, 0.29) is 0 Å². The largest absolute Gasteiger partial charge is 0.493 e. The zero-order valence-electron chi connectivity index (χ0n) is 14.5. The summed E-state index contributed by atoms with van der Waals surface area (Å²) in [7, 11) is 4.07. The number of likely N-dealkylation sites (tertiary alicyclic amines) is 1. The molecular weight excluding hydrogens is 288 g/mol. The topological polar surface area (TPSA) is 35.9 Å². The predicted octanol–water partition coefficient (Wildman–Crippen LogP) is 2.02. The Labute approximate surface area is 140 Å². The minimum atomic E-state index is -0.501. The van der Waals surface area contributed by atoms with Gasteiger partial charge in [-0.2, -0.15) is 0 Å². The first-order valence-electron chi connectivity index (χ1n) is 8.84. The lowest BCUT2D eigenvalue weighted by atomic mass is 9.89. The van der Waals surface area contributed by atoms with Crippen LogP contribution in [0.25, 0.3) is 0 Å². The van der Waals surface area contributed by atoms with Crippen LogP contribution >= 0.6 is 0 Å². The Morgan fingerprint density at radius 2 is 2.00 bits per heavy atom. The molecule has 1 unspecified atom stereocenters. The first kappa shape index (κ1) is 16.7. The quantitative estimate of drug-likeness (QED) is 0.921. The first-order chi connectivity index (χ1) is 11.0. The molecule has 0 spiro atoms. The fourth-order valence-corrected chi connectivity index (χ4v) is 3.98. The second-order valence-electron chi connectivity index (χ2n) is 7.58. The maximum atomic E-state index is 10.7. The van der Waals surface area contributed by atoms with Crippen LogP contribution in [-0.2, 0) is 6.42 Å². The van der Waals surface area contributed by atoms with Crippen LogP contribution in [0.5, 0.6) is 5.75 Å². The van der Waals surface area contributed by atoms with Crippen LogP contribution < -0.4 is 4.74 Å². The molecule has 3 rings (SSSR count). The summed E-state index contributed by atoms with van der Waals surface area (Å²) in [5, 5.41) is 10.7. The molecule has 1 aromatic carbocycles. The van der Waals surface area contributed by atoms with Gasteiger partial charge in [-0.1, -0.05) is 18.2 Å². The number of hydrogen-bond acceptors (Lipinski definition) is 4. The van der Waals surface area contributed by atoms with Gasteiger partial charge in [-0.25, -0.2) is 0 Å². The van der Waals surface area contributed by atoms with Crippen molar-refractivity contribution in [2.24, 2.45) is 5.92 Å². The smallest absolute Gasteiger partial charge is 0.122 e. The number of fused-ring (bicyclic) bond motifs is 1. The summed E-state index contributed by atoms with van der Waals surface area (Å²) in [6.07, 6.45) is 3.98. The van der Waals surface area contributed by atoms with Gasteiger partial charge in [0.05, 0.1) is 12.2 Å². The van der Waals surface area contributed by atoms with Gasteiger partial charge in [-0.3, -0.25) is 0 Å². The highest BCUT2D eigenvalue weighted by molar-refractivity contribution is 5.34.